The van der Waals surface area contributed by atoms with Crippen LogP contribution in [0.3, 0.4) is 0 Å². The number of amides is 1. The number of Topliss-reactive ketones (excluding diaryl/α,β-unsaturated/α-hetero) is 1. The number of hydrogen-bond donors (Lipinski definition) is 2. The maximum Gasteiger partial charge on any atom is 0.326 e. The molecule has 1 aliphatic carbocycles. The van der Waals surface area contributed by atoms with E-state index >= 15 is 0 Å². The lowest BCUT2D eigenvalue weighted by molar-refractivity contribution is -0.146. The number of hydrogen-bond acceptors (Lipinski definition) is 4. The molecule has 0 radical (unpaired) electrons. The molecule has 0 heterocycles. The summed E-state index contributed by atoms with van der Waals surface area (Å²) in [6.07, 6.45) is 1.08. The van der Waals surface area contributed by atoms with Crippen LogP contribution in [0.2, 0.25) is 0 Å². The number of nitrogens with one attached hydrogen (secondary N) is 1. The highest BCUT2D eigenvalue weighted by Gasteiger charge is 2.35. The van der Waals surface area contributed by atoms with Gasteiger partial charge in [-0.1, -0.05) is 30.3 Å². The Morgan fingerprint density at radius 3 is 2.57 bits per heavy atom. The SMILES string of the molecule is CO[C@H](C(=O)N[C@H](C(=O)O)[C@@H]1CCCC(=O)C1)c1ccccc1. The van der Waals surface area contributed by atoms with Gasteiger partial charge in [-0.05, 0) is 24.3 Å². The summed E-state index contributed by atoms with van der Waals surface area (Å²) in [7, 11) is 1.40. The zero-order chi connectivity index (χ0) is 16.8. The first-order valence-corrected chi connectivity index (χ1v) is 7.65. The summed E-state index contributed by atoms with van der Waals surface area (Å²) < 4.78 is 5.22. The summed E-state index contributed by atoms with van der Waals surface area (Å²) in [5.74, 6) is -1.95. The molecule has 0 spiro atoms. The van der Waals surface area contributed by atoms with E-state index < -0.39 is 24.0 Å². The molecule has 124 valence electrons. The molecule has 0 saturated heterocycles. The van der Waals surface area contributed by atoms with E-state index in [0.29, 0.717) is 24.8 Å². The molecule has 3 atom stereocenters. The smallest absolute Gasteiger partial charge is 0.326 e. The fourth-order valence-electron chi connectivity index (χ4n) is 2.97. The van der Waals surface area contributed by atoms with Crippen molar-refractivity contribution in [2.24, 2.45) is 5.92 Å². The van der Waals surface area contributed by atoms with E-state index in [0.717, 1.165) is 0 Å². The summed E-state index contributed by atoms with van der Waals surface area (Å²) >= 11 is 0. The normalized spacial score (nSPS) is 20.6. The van der Waals surface area contributed by atoms with Crippen molar-refractivity contribution in [3.05, 3.63) is 35.9 Å². The van der Waals surface area contributed by atoms with E-state index in [1.54, 1.807) is 24.3 Å². The Labute approximate surface area is 134 Å². The van der Waals surface area contributed by atoms with Crippen LogP contribution in [0.25, 0.3) is 0 Å². The quantitative estimate of drug-likeness (QED) is 0.832. The lowest BCUT2D eigenvalue weighted by Gasteiger charge is -2.28. The molecule has 1 amide bonds. The Morgan fingerprint density at radius 2 is 2.00 bits per heavy atom. The van der Waals surface area contributed by atoms with Crippen LogP contribution in [0.4, 0.5) is 0 Å². The molecule has 0 unspecified atom stereocenters. The Bertz CT molecular complexity index is 572. The van der Waals surface area contributed by atoms with Crippen molar-refractivity contribution >= 4 is 17.7 Å². The van der Waals surface area contributed by atoms with Gasteiger partial charge in [0.25, 0.3) is 5.91 Å². The fourth-order valence-corrected chi connectivity index (χ4v) is 2.97. The van der Waals surface area contributed by atoms with E-state index in [1.807, 2.05) is 6.07 Å². The van der Waals surface area contributed by atoms with Crippen molar-refractivity contribution in [2.75, 3.05) is 7.11 Å². The summed E-state index contributed by atoms with van der Waals surface area (Å²) in [6.45, 7) is 0. The third kappa shape index (κ3) is 4.39. The fraction of sp³-hybridized carbons (Fsp3) is 0.471. The molecule has 1 aromatic rings. The van der Waals surface area contributed by atoms with Crippen molar-refractivity contribution in [2.45, 2.75) is 37.8 Å². The number of methoxy groups -OCH3 is 1. The molecule has 6 heteroatoms. The molecule has 2 N–H and O–H groups in total. The third-order valence-corrected chi connectivity index (χ3v) is 4.13. The molecule has 0 aliphatic heterocycles. The predicted molar refractivity (Wildman–Crippen MR) is 82.7 cm³/mol. The number of benzene rings is 1. The number of carbonyl (C=O) groups excluding carboxylic acids is 2. The number of carbonyl (C=O) groups is 3. The molecule has 1 aromatic carbocycles. The highest BCUT2D eigenvalue weighted by molar-refractivity contribution is 5.88. The van der Waals surface area contributed by atoms with E-state index in [4.69, 9.17) is 4.74 Å². The van der Waals surface area contributed by atoms with Gasteiger partial charge in [0, 0.05) is 20.0 Å². The summed E-state index contributed by atoms with van der Waals surface area (Å²) in [5.41, 5.74) is 0.649. The van der Waals surface area contributed by atoms with Gasteiger partial charge in [0.05, 0.1) is 0 Å². The van der Waals surface area contributed by atoms with Crippen molar-refractivity contribution in [1.29, 1.82) is 0 Å². The maximum absolute atomic E-state index is 12.4. The van der Waals surface area contributed by atoms with Crippen LogP contribution >= 0.6 is 0 Å². The topological polar surface area (TPSA) is 92.7 Å². The van der Waals surface area contributed by atoms with E-state index in [1.165, 1.54) is 7.11 Å². The van der Waals surface area contributed by atoms with Gasteiger partial charge in [0.15, 0.2) is 6.10 Å². The maximum atomic E-state index is 12.4. The first kappa shape index (κ1) is 17.1. The minimum absolute atomic E-state index is 0.0492. The summed E-state index contributed by atoms with van der Waals surface area (Å²) in [4.78, 5) is 35.5. The minimum atomic E-state index is -1.12. The van der Waals surface area contributed by atoms with Crippen molar-refractivity contribution in [1.82, 2.24) is 5.32 Å². The van der Waals surface area contributed by atoms with Crippen molar-refractivity contribution < 1.29 is 24.2 Å². The number of ether oxygens (including phenoxy) is 1. The number of ketones is 1. The lowest BCUT2D eigenvalue weighted by atomic mass is 9.83. The molecule has 0 bridgehead atoms. The first-order valence-electron chi connectivity index (χ1n) is 7.65. The molecule has 0 aromatic heterocycles. The first-order chi connectivity index (χ1) is 11.0. The number of carboxylic acid groups (broad SMARTS) is 1. The number of rotatable bonds is 6. The van der Waals surface area contributed by atoms with Crippen LogP contribution < -0.4 is 5.32 Å². The van der Waals surface area contributed by atoms with Crippen LogP contribution in [0, 0.1) is 5.92 Å². The summed E-state index contributed by atoms with van der Waals surface area (Å²) in [6, 6.07) is 7.79. The third-order valence-electron chi connectivity index (χ3n) is 4.13. The Kier molecular flexibility index (Phi) is 5.87. The van der Waals surface area contributed by atoms with E-state index in [-0.39, 0.29) is 18.1 Å². The van der Waals surface area contributed by atoms with Crippen LogP contribution in [-0.4, -0.2) is 35.9 Å². The molecule has 6 nitrogen and oxygen atoms in total. The van der Waals surface area contributed by atoms with E-state index in [2.05, 4.69) is 5.32 Å². The zero-order valence-electron chi connectivity index (χ0n) is 13.0. The van der Waals surface area contributed by atoms with Crippen LogP contribution in [0.1, 0.15) is 37.4 Å². The van der Waals surface area contributed by atoms with Crippen LogP contribution in [0.15, 0.2) is 30.3 Å². The van der Waals surface area contributed by atoms with Crippen molar-refractivity contribution in [3.8, 4) is 0 Å². The van der Waals surface area contributed by atoms with Gasteiger partial charge in [0.2, 0.25) is 0 Å². The van der Waals surface area contributed by atoms with Gasteiger partial charge < -0.3 is 15.2 Å². The highest BCUT2D eigenvalue weighted by Crippen LogP contribution is 2.25. The molecule has 1 fully saturated rings. The largest absolute Gasteiger partial charge is 0.480 e. The molecule has 1 saturated carbocycles. The van der Waals surface area contributed by atoms with Gasteiger partial charge >= 0.3 is 5.97 Å². The van der Waals surface area contributed by atoms with Crippen molar-refractivity contribution in [3.63, 3.8) is 0 Å². The number of carboxylic acids is 1. The molecule has 1 aliphatic rings. The second kappa shape index (κ2) is 7.87. The second-order valence-electron chi connectivity index (χ2n) is 5.75. The van der Waals surface area contributed by atoms with Crippen LogP contribution in [0.5, 0.6) is 0 Å². The zero-order valence-corrected chi connectivity index (χ0v) is 13.0. The van der Waals surface area contributed by atoms with Gasteiger partial charge in [-0.15, -0.1) is 0 Å². The average Bonchev–Trinajstić information content (AvgIpc) is 2.54. The highest BCUT2D eigenvalue weighted by atomic mass is 16.5. The predicted octanol–water partition coefficient (Wildman–Crippen LogP) is 1.70. The Morgan fingerprint density at radius 1 is 1.30 bits per heavy atom. The monoisotopic (exact) mass is 319 g/mol. The van der Waals surface area contributed by atoms with Gasteiger partial charge in [-0.25, -0.2) is 4.79 Å². The minimum Gasteiger partial charge on any atom is -0.480 e. The second-order valence-corrected chi connectivity index (χ2v) is 5.75. The lowest BCUT2D eigenvalue weighted by Crippen LogP contribution is -2.49. The molecule has 2 rings (SSSR count). The molecule has 23 heavy (non-hydrogen) atoms. The Balaban J connectivity index is 2.10. The van der Waals surface area contributed by atoms with Gasteiger partial charge in [-0.3, -0.25) is 9.59 Å². The molecular formula is C17H21NO5. The van der Waals surface area contributed by atoms with Crippen LogP contribution in [-0.2, 0) is 19.1 Å². The standard InChI is InChI=1S/C17H21NO5/c1-23-15(11-6-3-2-4-7-11)16(20)18-14(17(21)22)12-8-5-9-13(19)10-12/h2-4,6-7,12,14-15H,5,8-10H2,1H3,(H,18,20)(H,21,22)/t12-,14+,15+/m1/s1. The van der Waals surface area contributed by atoms with Gasteiger partial charge in [-0.2, -0.15) is 0 Å². The Hall–Kier alpha value is -2.21. The van der Waals surface area contributed by atoms with Gasteiger partial charge in [0.1, 0.15) is 11.8 Å². The average molecular weight is 319 g/mol. The summed E-state index contributed by atoms with van der Waals surface area (Å²) in [5, 5.41) is 12.0. The van der Waals surface area contributed by atoms with E-state index in [9.17, 15) is 19.5 Å². The number of aliphatic carboxylic acids is 1. The molecular weight excluding hydrogens is 298 g/mol.